The van der Waals surface area contributed by atoms with Crippen LogP contribution in [0.5, 0.6) is 0 Å². The van der Waals surface area contributed by atoms with Gasteiger partial charge in [0.1, 0.15) is 0 Å². The largest absolute Gasteiger partial charge is 0.350 e. The Bertz CT molecular complexity index is 118. The van der Waals surface area contributed by atoms with E-state index < -0.39 is 6.23 Å². The lowest BCUT2D eigenvalue weighted by Gasteiger charge is -2.27. The van der Waals surface area contributed by atoms with Crippen LogP contribution in [0.15, 0.2) is 5.18 Å². The Morgan fingerprint density at radius 3 is 1.93 bits per heavy atom. The van der Waals surface area contributed by atoms with Crippen molar-refractivity contribution in [1.29, 1.82) is 0 Å². The van der Waals surface area contributed by atoms with Crippen molar-refractivity contribution in [2.75, 3.05) is 0 Å². The monoisotopic (exact) mass is 203 g/mol. The lowest BCUT2D eigenvalue weighted by molar-refractivity contribution is -0.0541. The van der Waals surface area contributed by atoms with Crippen LogP contribution in [0.2, 0.25) is 0 Å². The van der Waals surface area contributed by atoms with Gasteiger partial charge in [-0.2, -0.15) is 0 Å². The summed E-state index contributed by atoms with van der Waals surface area (Å²) in [5.41, 5.74) is 0. The zero-order chi connectivity index (χ0) is 11.6. The first kappa shape index (κ1) is 16.0. The van der Waals surface area contributed by atoms with Crippen LogP contribution in [0.1, 0.15) is 54.4 Å². The van der Waals surface area contributed by atoms with Gasteiger partial charge >= 0.3 is 0 Å². The summed E-state index contributed by atoms with van der Waals surface area (Å²) in [7, 11) is 0. The summed E-state index contributed by atoms with van der Waals surface area (Å²) in [5, 5.41) is 2.88. The average molecular weight is 203 g/mol. The van der Waals surface area contributed by atoms with Crippen molar-refractivity contribution in [1.82, 2.24) is 0 Å². The van der Waals surface area contributed by atoms with Crippen molar-refractivity contribution < 1.29 is 4.74 Å². The summed E-state index contributed by atoms with van der Waals surface area (Å²) in [6.45, 7) is 12.1. The summed E-state index contributed by atoms with van der Waals surface area (Å²) in [6.07, 6.45) is 1.64. The highest BCUT2D eigenvalue weighted by Gasteiger charge is 2.24. The molecule has 3 nitrogen and oxygen atoms in total. The van der Waals surface area contributed by atoms with Crippen LogP contribution in [0.3, 0.4) is 0 Å². The molecule has 0 bridgehead atoms. The lowest BCUT2D eigenvalue weighted by Crippen LogP contribution is -2.28. The second-order valence-corrected chi connectivity index (χ2v) is 3.08. The SMILES string of the molecule is CC.CC.C[C@H]1C[C@@H](C)O[C@@H](N=O)C1. The number of hydrogen-bond donors (Lipinski definition) is 0. The molecule has 0 unspecified atom stereocenters. The highest BCUT2D eigenvalue weighted by molar-refractivity contribution is 4.70. The van der Waals surface area contributed by atoms with Crippen molar-refractivity contribution >= 4 is 0 Å². The van der Waals surface area contributed by atoms with Gasteiger partial charge in [-0.25, -0.2) is 0 Å². The molecular formula is C11H25NO2. The first-order valence-corrected chi connectivity index (χ1v) is 5.70. The molecule has 1 saturated heterocycles. The van der Waals surface area contributed by atoms with E-state index in [9.17, 15) is 4.91 Å². The number of rotatable bonds is 1. The van der Waals surface area contributed by atoms with E-state index in [0.717, 1.165) is 12.8 Å². The van der Waals surface area contributed by atoms with Crippen LogP contribution >= 0.6 is 0 Å². The molecule has 0 aromatic rings. The first-order valence-electron chi connectivity index (χ1n) is 5.70. The van der Waals surface area contributed by atoms with E-state index in [0.29, 0.717) is 5.92 Å². The van der Waals surface area contributed by atoms with Crippen molar-refractivity contribution in [3.8, 4) is 0 Å². The maximum atomic E-state index is 10.1. The highest BCUT2D eigenvalue weighted by atomic mass is 16.5. The number of nitrogens with zero attached hydrogens (tertiary/aromatic N) is 1. The third-order valence-electron chi connectivity index (χ3n) is 1.85. The van der Waals surface area contributed by atoms with Gasteiger partial charge in [0, 0.05) is 6.42 Å². The van der Waals surface area contributed by atoms with Gasteiger partial charge in [0.2, 0.25) is 0 Å². The smallest absolute Gasteiger partial charge is 0.190 e. The minimum atomic E-state index is -0.390. The van der Waals surface area contributed by atoms with Crippen LogP contribution in [-0.4, -0.2) is 12.3 Å². The van der Waals surface area contributed by atoms with E-state index in [1.54, 1.807) is 0 Å². The summed E-state index contributed by atoms with van der Waals surface area (Å²) in [6, 6.07) is 0. The van der Waals surface area contributed by atoms with Gasteiger partial charge in [-0.15, -0.1) is 4.91 Å². The van der Waals surface area contributed by atoms with Crippen molar-refractivity contribution in [3.05, 3.63) is 4.91 Å². The Morgan fingerprint density at radius 2 is 1.57 bits per heavy atom. The number of hydrogen-bond acceptors (Lipinski definition) is 3. The average Bonchev–Trinajstić information content (AvgIpc) is 2.22. The van der Waals surface area contributed by atoms with E-state index in [1.165, 1.54) is 0 Å². The van der Waals surface area contributed by atoms with Crippen LogP contribution in [0.4, 0.5) is 0 Å². The molecule has 0 spiro atoms. The van der Waals surface area contributed by atoms with Gasteiger partial charge in [-0.05, 0) is 24.4 Å². The Kier molecular flexibility index (Phi) is 12.2. The predicted molar refractivity (Wildman–Crippen MR) is 61.2 cm³/mol. The fourth-order valence-electron chi connectivity index (χ4n) is 1.45. The molecule has 3 heteroatoms. The van der Waals surface area contributed by atoms with Gasteiger partial charge in [0.15, 0.2) is 6.23 Å². The summed E-state index contributed by atoms with van der Waals surface area (Å²) in [4.78, 5) is 10.1. The molecule has 0 N–H and O–H groups in total. The molecule has 3 atom stereocenters. The standard InChI is InChI=1S/C7H13NO2.2C2H6/c1-5-3-6(2)10-7(4-5)8-9;2*1-2/h5-7H,3-4H2,1-2H3;2*1-2H3/t5-,6+,7+;;/m0../s1. The molecular weight excluding hydrogens is 178 g/mol. The van der Waals surface area contributed by atoms with Crippen LogP contribution in [0.25, 0.3) is 0 Å². The van der Waals surface area contributed by atoms with Crippen molar-refractivity contribution in [2.45, 2.75) is 66.7 Å². The van der Waals surface area contributed by atoms with Crippen LogP contribution in [-0.2, 0) is 4.74 Å². The van der Waals surface area contributed by atoms with Gasteiger partial charge in [-0.1, -0.05) is 34.6 Å². The Labute approximate surface area is 88.2 Å². The molecule has 14 heavy (non-hydrogen) atoms. The maximum absolute atomic E-state index is 10.1. The zero-order valence-electron chi connectivity index (χ0n) is 10.4. The molecule has 86 valence electrons. The molecule has 1 heterocycles. The summed E-state index contributed by atoms with van der Waals surface area (Å²) < 4.78 is 5.23. The van der Waals surface area contributed by atoms with Gasteiger partial charge in [0.05, 0.1) is 6.10 Å². The Morgan fingerprint density at radius 1 is 1.07 bits per heavy atom. The molecule has 0 aromatic carbocycles. The van der Waals surface area contributed by atoms with Crippen LogP contribution in [0, 0.1) is 10.8 Å². The number of ether oxygens (including phenoxy) is 1. The Balaban J connectivity index is 0. The fourth-order valence-corrected chi connectivity index (χ4v) is 1.45. The maximum Gasteiger partial charge on any atom is 0.190 e. The summed E-state index contributed by atoms with van der Waals surface area (Å²) >= 11 is 0. The molecule has 0 radical (unpaired) electrons. The molecule has 0 saturated carbocycles. The third-order valence-corrected chi connectivity index (χ3v) is 1.85. The minimum Gasteiger partial charge on any atom is -0.350 e. The minimum absolute atomic E-state index is 0.200. The first-order chi connectivity index (χ1) is 6.72. The second kappa shape index (κ2) is 10.6. The topological polar surface area (TPSA) is 38.7 Å². The molecule has 0 aliphatic carbocycles. The normalized spacial score (nSPS) is 30.3. The Hall–Kier alpha value is -0.440. The van der Waals surface area contributed by atoms with E-state index >= 15 is 0 Å². The van der Waals surface area contributed by atoms with Gasteiger partial charge in [-0.3, -0.25) is 0 Å². The van der Waals surface area contributed by atoms with Gasteiger partial charge < -0.3 is 4.74 Å². The quantitative estimate of drug-likeness (QED) is 0.605. The molecule has 1 aliphatic rings. The van der Waals surface area contributed by atoms with E-state index in [2.05, 4.69) is 12.1 Å². The number of nitroso groups, excluding NO2 is 1. The molecule has 1 fully saturated rings. The lowest BCUT2D eigenvalue weighted by atomic mass is 9.97. The molecule has 1 rings (SSSR count). The van der Waals surface area contributed by atoms with E-state index in [4.69, 9.17) is 4.74 Å². The molecule has 0 amide bonds. The fraction of sp³-hybridized carbons (Fsp3) is 1.00. The van der Waals surface area contributed by atoms with Crippen molar-refractivity contribution in [3.63, 3.8) is 0 Å². The molecule has 1 aliphatic heterocycles. The van der Waals surface area contributed by atoms with Gasteiger partial charge in [0.25, 0.3) is 0 Å². The van der Waals surface area contributed by atoms with Crippen LogP contribution < -0.4 is 0 Å². The second-order valence-electron chi connectivity index (χ2n) is 3.08. The highest BCUT2D eigenvalue weighted by Crippen LogP contribution is 2.24. The zero-order valence-corrected chi connectivity index (χ0v) is 10.4. The third kappa shape index (κ3) is 7.01. The molecule has 0 aromatic heterocycles. The van der Waals surface area contributed by atoms with E-state index in [1.807, 2.05) is 34.6 Å². The van der Waals surface area contributed by atoms with Crippen molar-refractivity contribution in [2.24, 2.45) is 11.1 Å². The predicted octanol–water partition coefficient (Wildman–Crippen LogP) is 3.97. The summed E-state index contributed by atoms with van der Waals surface area (Å²) in [5.74, 6) is 0.575. The van der Waals surface area contributed by atoms with E-state index in [-0.39, 0.29) is 6.10 Å².